The molecule has 0 atom stereocenters. The van der Waals surface area contributed by atoms with E-state index < -0.39 is 0 Å². The van der Waals surface area contributed by atoms with E-state index in [4.69, 9.17) is 0 Å². The maximum atomic E-state index is 4.24. The summed E-state index contributed by atoms with van der Waals surface area (Å²) in [4.78, 5) is 4.24. The normalized spacial score (nSPS) is 10.5. The summed E-state index contributed by atoms with van der Waals surface area (Å²) in [5, 5.41) is 3.18. The molecular formula is C15H18N2. The number of aromatic nitrogens is 1. The lowest BCUT2D eigenvalue weighted by atomic mass is 10.0. The molecule has 1 N–H and O–H groups in total. The Balaban J connectivity index is 2.37. The Morgan fingerprint density at radius 2 is 1.88 bits per heavy atom. The van der Waals surface area contributed by atoms with Gasteiger partial charge in [-0.3, -0.25) is 4.98 Å². The fourth-order valence-corrected chi connectivity index (χ4v) is 1.98. The summed E-state index contributed by atoms with van der Waals surface area (Å²) in [6.07, 6.45) is 3.80. The van der Waals surface area contributed by atoms with Gasteiger partial charge in [0, 0.05) is 24.5 Å². The van der Waals surface area contributed by atoms with E-state index >= 15 is 0 Å². The van der Waals surface area contributed by atoms with Gasteiger partial charge < -0.3 is 5.32 Å². The number of rotatable bonds is 3. The van der Waals surface area contributed by atoms with E-state index in [1.807, 2.05) is 19.4 Å². The van der Waals surface area contributed by atoms with Crippen molar-refractivity contribution in [3.8, 4) is 11.1 Å². The molecule has 2 heteroatoms. The fraction of sp³-hybridized carbons (Fsp3) is 0.267. The summed E-state index contributed by atoms with van der Waals surface area (Å²) in [5.41, 5.74) is 6.28. The highest BCUT2D eigenvalue weighted by molar-refractivity contribution is 5.64. The third kappa shape index (κ3) is 2.71. The van der Waals surface area contributed by atoms with Crippen LogP contribution in [0.3, 0.4) is 0 Å². The van der Waals surface area contributed by atoms with Crippen molar-refractivity contribution in [2.75, 3.05) is 7.05 Å². The number of benzene rings is 1. The van der Waals surface area contributed by atoms with Gasteiger partial charge in [-0.25, -0.2) is 0 Å². The van der Waals surface area contributed by atoms with E-state index in [9.17, 15) is 0 Å². The zero-order chi connectivity index (χ0) is 12.3. The topological polar surface area (TPSA) is 24.9 Å². The van der Waals surface area contributed by atoms with Gasteiger partial charge in [0.2, 0.25) is 0 Å². The maximum absolute atomic E-state index is 4.24. The third-order valence-corrected chi connectivity index (χ3v) is 2.92. The summed E-state index contributed by atoms with van der Waals surface area (Å²) < 4.78 is 0. The number of hydrogen-bond acceptors (Lipinski definition) is 2. The van der Waals surface area contributed by atoms with Gasteiger partial charge in [-0.05, 0) is 49.2 Å². The molecule has 0 radical (unpaired) electrons. The molecule has 1 heterocycles. The summed E-state index contributed by atoms with van der Waals surface area (Å²) >= 11 is 0. The van der Waals surface area contributed by atoms with Crippen molar-refractivity contribution in [1.29, 1.82) is 0 Å². The Labute approximate surface area is 103 Å². The predicted molar refractivity (Wildman–Crippen MR) is 71.9 cm³/mol. The maximum Gasteiger partial charge on any atom is 0.0346 e. The number of pyridine rings is 1. The molecule has 0 saturated carbocycles. The van der Waals surface area contributed by atoms with E-state index in [0.29, 0.717) is 0 Å². The second-order valence-electron chi connectivity index (χ2n) is 4.42. The summed E-state index contributed by atoms with van der Waals surface area (Å²) in [7, 11) is 1.97. The first-order valence-electron chi connectivity index (χ1n) is 5.87. The van der Waals surface area contributed by atoms with Crippen LogP contribution in [-0.2, 0) is 6.54 Å². The van der Waals surface area contributed by atoms with Gasteiger partial charge in [0.1, 0.15) is 0 Å². The molecule has 0 bridgehead atoms. The monoisotopic (exact) mass is 226 g/mol. The van der Waals surface area contributed by atoms with Gasteiger partial charge in [-0.2, -0.15) is 0 Å². The molecule has 17 heavy (non-hydrogen) atoms. The molecular weight excluding hydrogens is 208 g/mol. The Bertz CT molecular complexity index is 518. The second kappa shape index (κ2) is 5.11. The van der Waals surface area contributed by atoms with Gasteiger partial charge in [0.05, 0.1) is 0 Å². The molecule has 0 fully saturated rings. The Morgan fingerprint density at radius 3 is 2.53 bits per heavy atom. The molecule has 88 valence electrons. The van der Waals surface area contributed by atoms with Crippen molar-refractivity contribution < 1.29 is 0 Å². The van der Waals surface area contributed by atoms with E-state index in [2.05, 4.69) is 48.4 Å². The molecule has 0 aliphatic heterocycles. The number of hydrogen-bond donors (Lipinski definition) is 1. The van der Waals surface area contributed by atoms with E-state index in [-0.39, 0.29) is 0 Å². The number of aryl methyl sites for hydroxylation is 2. The molecule has 0 spiro atoms. The lowest BCUT2D eigenvalue weighted by Crippen LogP contribution is -2.06. The highest BCUT2D eigenvalue weighted by atomic mass is 14.8. The van der Waals surface area contributed by atoms with Crippen LogP contribution in [0.5, 0.6) is 0 Å². The Hall–Kier alpha value is -1.67. The molecule has 1 aromatic carbocycles. The van der Waals surface area contributed by atoms with E-state index in [1.54, 1.807) is 0 Å². The summed E-state index contributed by atoms with van der Waals surface area (Å²) in [6.45, 7) is 5.14. The lowest BCUT2D eigenvalue weighted by Gasteiger charge is -2.08. The van der Waals surface area contributed by atoms with Crippen LogP contribution in [0.25, 0.3) is 11.1 Å². The number of nitrogens with zero attached hydrogens (tertiary/aromatic N) is 1. The van der Waals surface area contributed by atoms with Crippen molar-refractivity contribution in [3.63, 3.8) is 0 Å². The van der Waals surface area contributed by atoms with Crippen molar-refractivity contribution in [2.24, 2.45) is 0 Å². The third-order valence-electron chi connectivity index (χ3n) is 2.92. The average molecular weight is 226 g/mol. The highest BCUT2D eigenvalue weighted by Crippen LogP contribution is 2.22. The first kappa shape index (κ1) is 11.8. The molecule has 0 amide bonds. The van der Waals surface area contributed by atoms with Gasteiger partial charge in [0.25, 0.3) is 0 Å². The molecule has 2 aromatic rings. The minimum absolute atomic E-state index is 0.915. The van der Waals surface area contributed by atoms with Crippen molar-refractivity contribution in [2.45, 2.75) is 20.4 Å². The van der Waals surface area contributed by atoms with Crippen LogP contribution in [0.15, 0.2) is 36.7 Å². The van der Waals surface area contributed by atoms with Crippen molar-refractivity contribution in [1.82, 2.24) is 10.3 Å². The lowest BCUT2D eigenvalue weighted by molar-refractivity contribution is 0.812. The Morgan fingerprint density at radius 1 is 1.06 bits per heavy atom. The van der Waals surface area contributed by atoms with Crippen LogP contribution < -0.4 is 5.32 Å². The summed E-state index contributed by atoms with van der Waals surface area (Å²) in [6, 6.07) is 8.74. The van der Waals surface area contributed by atoms with Gasteiger partial charge >= 0.3 is 0 Å². The molecule has 0 aliphatic carbocycles. The fourth-order valence-electron chi connectivity index (χ4n) is 1.98. The first-order chi connectivity index (χ1) is 8.20. The molecule has 0 aliphatic rings. The van der Waals surface area contributed by atoms with Crippen molar-refractivity contribution >= 4 is 0 Å². The molecule has 1 aromatic heterocycles. The van der Waals surface area contributed by atoms with Gasteiger partial charge in [-0.1, -0.05) is 18.2 Å². The minimum Gasteiger partial charge on any atom is -0.316 e. The molecule has 2 rings (SSSR count). The second-order valence-corrected chi connectivity index (χ2v) is 4.42. The van der Waals surface area contributed by atoms with Gasteiger partial charge in [-0.15, -0.1) is 0 Å². The summed E-state index contributed by atoms with van der Waals surface area (Å²) in [5.74, 6) is 0. The first-order valence-corrected chi connectivity index (χ1v) is 5.87. The van der Waals surface area contributed by atoms with E-state index in [0.717, 1.165) is 6.54 Å². The van der Waals surface area contributed by atoms with Crippen molar-refractivity contribution in [3.05, 3.63) is 53.3 Å². The number of nitrogens with one attached hydrogen (secondary N) is 1. The zero-order valence-electron chi connectivity index (χ0n) is 10.6. The van der Waals surface area contributed by atoms with Crippen LogP contribution in [0.2, 0.25) is 0 Å². The minimum atomic E-state index is 0.915. The SMILES string of the molecule is CNCc1ccc(-c2cncc(C)c2)cc1C. The van der Waals surface area contributed by atoms with Gasteiger partial charge in [0.15, 0.2) is 0 Å². The van der Waals surface area contributed by atoms with Crippen LogP contribution >= 0.6 is 0 Å². The van der Waals surface area contributed by atoms with Crippen LogP contribution in [0.4, 0.5) is 0 Å². The molecule has 2 nitrogen and oxygen atoms in total. The average Bonchev–Trinajstić information content (AvgIpc) is 2.32. The standard InChI is InChI=1S/C15H18N2/c1-11-6-15(10-17-8-11)13-4-5-14(9-16-3)12(2)7-13/h4-8,10,16H,9H2,1-3H3. The predicted octanol–water partition coefficient (Wildman–Crippen LogP) is 3.08. The van der Waals surface area contributed by atoms with Crippen LogP contribution in [0.1, 0.15) is 16.7 Å². The molecule has 0 unspecified atom stereocenters. The van der Waals surface area contributed by atoms with E-state index in [1.165, 1.54) is 27.8 Å². The van der Waals surface area contributed by atoms with Crippen LogP contribution in [0, 0.1) is 13.8 Å². The zero-order valence-corrected chi connectivity index (χ0v) is 10.6. The van der Waals surface area contributed by atoms with Crippen LogP contribution in [-0.4, -0.2) is 12.0 Å². The smallest absolute Gasteiger partial charge is 0.0346 e. The highest BCUT2D eigenvalue weighted by Gasteiger charge is 2.02. The molecule has 0 saturated heterocycles. The Kier molecular flexibility index (Phi) is 3.55. The quantitative estimate of drug-likeness (QED) is 0.870. The largest absolute Gasteiger partial charge is 0.316 e.